The van der Waals surface area contributed by atoms with Gasteiger partial charge in [-0.3, -0.25) is 0 Å². The number of aromatic nitrogens is 1. The molecule has 0 radical (unpaired) electrons. The van der Waals surface area contributed by atoms with E-state index in [0.29, 0.717) is 5.11 Å². The maximum absolute atomic E-state index is 5.31. The van der Waals surface area contributed by atoms with Crippen molar-refractivity contribution in [3.63, 3.8) is 0 Å². The Bertz CT molecular complexity index is 764. The van der Waals surface area contributed by atoms with Gasteiger partial charge in [0.1, 0.15) is 0 Å². The van der Waals surface area contributed by atoms with Crippen LogP contribution in [-0.2, 0) is 0 Å². The first-order valence-corrected chi connectivity index (χ1v) is 8.15. The fraction of sp³-hybridized carbons (Fsp3) is 0.0588. The zero-order valence-corrected chi connectivity index (χ0v) is 13.7. The Hall–Kier alpha value is -2.24. The van der Waals surface area contributed by atoms with Crippen LogP contribution >= 0.6 is 23.6 Å². The van der Waals surface area contributed by atoms with E-state index in [1.165, 1.54) is 16.9 Å². The lowest BCUT2D eigenvalue weighted by atomic mass is 10.1. The first-order valence-electron chi connectivity index (χ1n) is 6.86. The Kier molecular flexibility index (Phi) is 4.46. The summed E-state index contributed by atoms with van der Waals surface area (Å²) in [5.74, 6) is 0. The van der Waals surface area contributed by atoms with E-state index in [9.17, 15) is 0 Å². The third-order valence-electron chi connectivity index (χ3n) is 3.10. The summed E-state index contributed by atoms with van der Waals surface area (Å²) in [6.45, 7) is 2.07. The van der Waals surface area contributed by atoms with Crippen molar-refractivity contribution in [2.45, 2.75) is 6.92 Å². The van der Waals surface area contributed by atoms with Crippen LogP contribution in [0.25, 0.3) is 11.3 Å². The SMILES string of the molecule is Cc1ccc(-c2csc(NC(=S)Nc3ccccc3)n2)cc1. The Morgan fingerprint density at radius 3 is 2.45 bits per heavy atom. The van der Waals surface area contributed by atoms with Gasteiger partial charge in [0.15, 0.2) is 10.2 Å². The summed E-state index contributed by atoms with van der Waals surface area (Å²) in [4.78, 5) is 4.57. The fourth-order valence-corrected chi connectivity index (χ4v) is 2.97. The Labute approximate surface area is 139 Å². The number of hydrogen-bond acceptors (Lipinski definition) is 3. The quantitative estimate of drug-likeness (QED) is 0.670. The molecule has 0 aliphatic carbocycles. The highest BCUT2D eigenvalue weighted by atomic mass is 32.1. The van der Waals surface area contributed by atoms with Crippen molar-refractivity contribution in [1.82, 2.24) is 4.98 Å². The van der Waals surface area contributed by atoms with Gasteiger partial charge in [-0.05, 0) is 31.3 Å². The molecular formula is C17H15N3S2. The van der Waals surface area contributed by atoms with Crippen LogP contribution in [-0.4, -0.2) is 10.1 Å². The van der Waals surface area contributed by atoms with Gasteiger partial charge in [-0.25, -0.2) is 4.98 Å². The average molecular weight is 325 g/mol. The number of benzene rings is 2. The van der Waals surface area contributed by atoms with E-state index in [1.54, 1.807) is 0 Å². The van der Waals surface area contributed by atoms with Crippen molar-refractivity contribution >= 4 is 39.5 Å². The highest BCUT2D eigenvalue weighted by Crippen LogP contribution is 2.25. The number of aryl methyl sites for hydroxylation is 1. The van der Waals surface area contributed by atoms with Gasteiger partial charge < -0.3 is 10.6 Å². The zero-order chi connectivity index (χ0) is 15.4. The van der Waals surface area contributed by atoms with Gasteiger partial charge >= 0.3 is 0 Å². The minimum absolute atomic E-state index is 0.538. The molecule has 1 aromatic heterocycles. The second-order valence-corrected chi connectivity index (χ2v) is 6.12. The summed E-state index contributed by atoms with van der Waals surface area (Å²) in [7, 11) is 0. The normalized spacial score (nSPS) is 10.2. The molecule has 110 valence electrons. The average Bonchev–Trinajstić information content (AvgIpc) is 2.97. The lowest BCUT2D eigenvalue weighted by Crippen LogP contribution is -2.18. The molecule has 3 aromatic rings. The number of para-hydroxylation sites is 1. The maximum atomic E-state index is 5.31. The summed E-state index contributed by atoms with van der Waals surface area (Å²) in [6.07, 6.45) is 0. The van der Waals surface area contributed by atoms with Crippen molar-refractivity contribution in [3.8, 4) is 11.3 Å². The van der Waals surface area contributed by atoms with Crippen molar-refractivity contribution in [3.05, 3.63) is 65.5 Å². The molecule has 2 N–H and O–H groups in total. The highest BCUT2D eigenvalue weighted by Gasteiger charge is 2.06. The third-order valence-corrected chi connectivity index (χ3v) is 4.07. The van der Waals surface area contributed by atoms with Gasteiger partial charge in [-0.1, -0.05) is 48.0 Å². The Morgan fingerprint density at radius 1 is 1.00 bits per heavy atom. The van der Waals surface area contributed by atoms with Crippen molar-refractivity contribution in [2.75, 3.05) is 10.6 Å². The van der Waals surface area contributed by atoms with Crippen LogP contribution < -0.4 is 10.6 Å². The maximum Gasteiger partial charge on any atom is 0.189 e. The molecule has 0 saturated carbocycles. The lowest BCUT2D eigenvalue weighted by molar-refractivity contribution is 1.39. The molecular weight excluding hydrogens is 310 g/mol. The summed E-state index contributed by atoms with van der Waals surface area (Å²) in [5.41, 5.74) is 4.26. The molecule has 0 unspecified atom stereocenters. The van der Waals surface area contributed by atoms with Crippen LogP contribution in [0, 0.1) is 6.92 Å². The van der Waals surface area contributed by atoms with Gasteiger partial charge in [0.05, 0.1) is 5.69 Å². The second kappa shape index (κ2) is 6.68. The minimum atomic E-state index is 0.538. The number of hydrogen-bond donors (Lipinski definition) is 2. The first kappa shape index (κ1) is 14.7. The summed E-state index contributed by atoms with van der Waals surface area (Å²) < 4.78 is 0. The highest BCUT2D eigenvalue weighted by molar-refractivity contribution is 7.80. The third kappa shape index (κ3) is 3.69. The molecule has 1 heterocycles. The zero-order valence-electron chi connectivity index (χ0n) is 12.0. The fourth-order valence-electron chi connectivity index (χ4n) is 1.97. The minimum Gasteiger partial charge on any atom is -0.332 e. The summed E-state index contributed by atoms with van der Waals surface area (Å²) in [6, 6.07) is 18.2. The van der Waals surface area contributed by atoms with Gasteiger partial charge in [-0.15, -0.1) is 11.3 Å². The molecule has 0 saturated heterocycles. The molecule has 5 heteroatoms. The predicted molar refractivity (Wildman–Crippen MR) is 98.6 cm³/mol. The van der Waals surface area contributed by atoms with E-state index < -0.39 is 0 Å². The molecule has 0 bridgehead atoms. The van der Waals surface area contributed by atoms with Crippen LogP contribution in [0.2, 0.25) is 0 Å². The van der Waals surface area contributed by atoms with E-state index in [2.05, 4.69) is 46.8 Å². The number of anilines is 2. The molecule has 0 aliphatic rings. The molecule has 2 aromatic carbocycles. The Morgan fingerprint density at radius 2 is 1.73 bits per heavy atom. The van der Waals surface area contributed by atoms with Crippen molar-refractivity contribution in [2.24, 2.45) is 0 Å². The van der Waals surface area contributed by atoms with Crippen LogP contribution in [0.3, 0.4) is 0 Å². The predicted octanol–water partition coefficient (Wildman–Crippen LogP) is 4.93. The molecule has 0 amide bonds. The van der Waals surface area contributed by atoms with E-state index in [4.69, 9.17) is 12.2 Å². The van der Waals surface area contributed by atoms with E-state index in [1.807, 2.05) is 35.7 Å². The van der Waals surface area contributed by atoms with Gasteiger partial charge in [0.25, 0.3) is 0 Å². The second-order valence-electron chi connectivity index (χ2n) is 4.85. The number of rotatable bonds is 3. The number of nitrogens with one attached hydrogen (secondary N) is 2. The number of thiazole rings is 1. The largest absolute Gasteiger partial charge is 0.332 e. The molecule has 0 aliphatic heterocycles. The molecule has 22 heavy (non-hydrogen) atoms. The van der Waals surface area contributed by atoms with Gasteiger partial charge in [-0.2, -0.15) is 0 Å². The van der Waals surface area contributed by atoms with Gasteiger partial charge in [0.2, 0.25) is 0 Å². The van der Waals surface area contributed by atoms with E-state index >= 15 is 0 Å². The van der Waals surface area contributed by atoms with Crippen LogP contribution in [0.4, 0.5) is 10.8 Å². The van der Waals surface area contributed by atoms with Crippen LogP contribution in [0.1, 0.15) is 5.56 Å². The summed E-state index contributed by atoms with van der Waals surface area (Å²) >= 11 is 6.84. The standard InChI is InChI=1S/C17H15N3S2/c1-12-7-9-13(10-8-12)15-11-22-17(19-15)20-16(21)18-14-5-3-2-4-6-14/h2-11H,1H3,(H2,18,19,20,21). The van der Waals surface area contributed by atoms with Crippen LogP contribution in [0.5, 0.6) is 0 Å². The van der Waals surface area contributed by atoms with E-state index in [0.717, 1.165) is 22.1 Å². The topological polar surface area (TPSA) is 37.0 Å². The first-order chi connectivity index (χ1) is 10.7. The lowest BCUT2D eigenvalue weighted by Gasteiger charge is -2.07. The summed E-state index contributed by atoms with van der Waals surface area (Å²) in [5, 5.41) is 9.60. The molecule has 0 atom stereocenters. The molecule has 0 spiro atoms. The number of nitrogens with zero attached hydrogens (tertiary/aromatic N) is 1. The van der Waals surface area contributed by atoms with Crippen molar-refractivity contribution < 1.29 is 0 Å². The number of thiocarbonyl (C=S) groups is 1. The molecule has 3 nitrogen and oxygen atoms in total. The Balaban J connectivity index is 1.66. The molecule has 3 rings (SSSR count). The van der Waals surface area contributed by atoms with Crippen molar-refractivity contribution in [1.29, 1.82) is 0 Å². The smallest absolute Gasteiger partial charge is 0.189 e. The van der Waals surface area contributed by atoms with Gasteiger partial charge in [0, 0.05) is 16.6 Å². The van der Waals surface area contributed by atoms with E-state index in [-0.39, 0.29) is 0 Å². The van der Waals surface area contributed by atoms with Crippen LogP contribution in [0.15, 0.2) is 60.0 Å². The molecule has 0 fully saturated rings. The monoisotopic (exact) mass is 325 g/mol.